The average Bonchev–Trinajstić information content (AvgIpc) is 3.39. The van der Waals surface area contributed by atoms with E-state index in [9.17, 15) is 45.3 Å². The molecule has 2 fully saturated rings. The summed E-state index contributed by atoms with van der Waals surface area (Å²) >= 11 is 0. The monoisotopic (exact) mass is 1050 g/mol. The van der Waals surface area contributed by atoms with Gasteiger partial charge in [-0.15, -0.1) is 0 Å². The maximum absolute atomic E-state index is 13.1. The Morgan fingerprint density at radius 2 is 0.851 bits per heavy atom. The molecule has 0 spiro atoms. The standard InChI is InChI=1S/C59H102O15/c1-3-5-7-9-11-13-15-17-19-21-23-25-27-29-31-33-35-37-39-41-50(61)69-44-47(72-51(62)42-40-38-36-34-32-30-28-26-24-22-20-18-16-14-12-10-8-6-4-2)45-70-58-57(68)55(66)53(64)49(74-58)46-71-59-56(67)54(65)52(63)48(43-60)73-59/h6,8,12,14,17-20,24,26,47-49,52-60,63-68H,3-5,7,9-11,13,15-16,21-23,25,27-46H2,1-2H3/b8-6-,14-12-,19-17-,20-18-,26-24-. The zero-order chi connectivity index (χ0) is 53.9. The molecule has 0 radical (unpaired) electrons. The van der Waals surface area contributed by atoms with Crippen LogP contribution in [0.3, 0.4) is 0 Å². The molecule has 0 amide bonds. The molecule has 2 aliphatic heterocycles. The molecule has 11 atom stereocenters. The molecule has 11 unspecified atom stereocenters. The van der Waals surface area contributed by atoms with Crippen molar-refractivity contribution in [3.63, 3.8) is 0 Å². The quantitative estimate of drug-likeness (QED) is 0.0171. The fourth-order valence-corrected chi connectivity index (χ4v) is 8.79. The fraction of sp³-hybridized carbons (Fsp3) is 0.797. The van der Waals surface area contributed by atoms with Gasteiger partial charge in [0.05, 0.1) is 19.8 Å². The number of allylic oxidation sites excluding steroid dienone is 10. The van der Waals surface area contributed by atoms with Crippen molar-refractivity contribution < 1.29 is 73.8 Å². The molecule has 15 heteroatoms. The molecule has 2 heterocycles. The predicted octanol–water partition coefficient (Wildman–Crippen LogP) is 9.61. The minimum atomic E-state index is -1.77. The van der Waals surface area contributed by atoms with Crippen molar-refractivity contribution in [2.75, 3.05) is 26.4 Å². The zero-order valence-corrected chi connectivity index (χ0v) is 45.6. The van der Waals surface area contributed by atoms with E-state index < -0.39 is 92.7 Å². The average molecular weight is 1050 g/mol. The third kappa shape index (κ3) is 32.1. The summed E-state index contributed by atoms with van der Waals surface area (Å²) in [5.41, 5.74) is 0. The SMILES string of the molecule is CC/C=C\C/C=C\C/C=C\C/C=C\CCCCCCCCC(=O)OC(COC(=O)CCCCCCCCCCC/C=C\CCCCCCCC)COC1OC(COC2OC(CO)C(O)C(O)C2O)C(O)C(O)C1O. The minimum absolute atomic E-state index is 0.147. The summed E-state index contributed by atoms with van der Waals surface area (Å²) in [7, 11) is 0. The van der Waals surface area contributed by atoms with Crippen LogP contribution in [0.15, 0.2) is 60.8 Å². The van der Waals surface area contributed by atoms with E-state index in [0.29, 0.717) is 12.8 Å². The van der Waals surface area contributed by atoms with Crippen molar-refractivity contribution in [3.8, 4) is 0 Å². The van der Waals surface area contributed by atoms with Gasteiger partial charge in [-0.25, -0.2) is 0 Å². The lowest BCUT2D eigenvalue weighted by Crippen LogP contribution is -2.61. The zero-order valence-electron chi connectivity index (χ0n) is 45.6. The normalized spacial score (nSPS) is 25.1. The summed E-state index contributed by atoms with van der Waals surface area (Å²) in [5.74, 6) is -0.942. The second kappa shape index (κ2) is 45.2. The lowest BCUT2D eigenvalue weighted by atomic mass is 9.98. The smallest absolute Gasteiger partial charge is 0.306 e. The highest BCUT2D eigenvalue weighted by Crippen LogP contribution is 2.27. The van der Waals surface area contributed by atoms with Crippen molar-refractivity contribution in [1.29, 1.82) is 0 Å². The van der Waals surface area contributed by atoms with Gasteiger partial charge in [0, 0.05) is 12.8 Å². The lowest BCUT2D eigenvalue weighted by molar-refractivity contribution is -0.332. The number of aliphatic hydroxyl groups is 7. The first-order valence-corrected chi connectivity index (χ1v) is 28.9. The van der Waals surface area contributed by atoms with Crippen molar-refractivity contribution in [1.82, 2.24) is 0 Å². The number of hydrogen-bond acceptors (Lipinski definition) is 15. The van der Waals surface area contributed by atoms with Crippen molar-refractivity contribution in [3.05, 3.63) is 60.8 Å². The number of carbonyl (C=O) groups excluding carboxylic acids is 2. The van der Waals surface area contributed by atoms with Gasteiger partial charge in [-0.3, -0.25) is 9.59 Å². The maximum Gasteiger partial charge on any atom is 0.306 e. The van der Waals surface area contributed by atoms with E-state index in [1.54, 1.807) is 0 Å². The largest absolute Gasteiger partial charge is 0.462 e. The Bertz CT molecular complexity index is 1520. The Hall–Kier alpha value is -2.80. The predicted molar refractivity (Wildman–Crippen MR) is 289 cm³/mol. The van der Waals surface area contributed by atoms with Gasteiger partial charge in [-0.1, -0.05) is 177 Å². The molecule has 2 saturated heterocycles. The third-order valence-electron chi connectivity index (χ3n) is 13.5. The van der Waals surface area contributed by atoms with E-state index in [0.717, 1.165) is 83.5 Å². The molecular weight excluding hydrogens is 949 g/mol. The number of carbonyl (C=O) groups is 2. The van der Waals surface area contributed by atoms with Gasteiger partial charge >= 0.3 is 11.9 Å². The van der Waals surface area contributed by atoms with E-state index >= 15 is 0 Å². The summed E-state index contributed by atoms with van der Waals surface area (Å²) in [6, 6.07) is 0. The molecule has 2 rings (SSSR count). The fourth-order valence-electron chi connectivity index (χ4n) is 8.79. The van der Waals surface area contributed by atoms with Gasteiger partial charge in [0.25, 0.3) is 0 Å². The molecule has 2 aliphatic rings. The molecule has 0 bridgehead atoms. The van der Waals surface area contributed by atoms with E-state index in [1.165, 1.54) is 83.5 Å². The van der Waals surface area contributed by atoms with Crippen LogP contribution in [0.4, 0.5) is 0 Å². The van der Waals surface area contributed by atoms with Crippen molar-refractivity contribution in [2.45, 2.75) is 274 Å². The van der Waals surface area contributed by atoms with Crippen molar-refractivity contribution in [2.24, 2.45) is 0 Å². The van der Waals surface area contributed by atoms with Crippen LogP contribution >= 0.6 is 0 Å². The minimum Gasteiger partial charge on any atom is -0.462 e. The highest BCUT2D eigenvalue weighted by molar-refractivity contribution is 5.70. The Morgan fingerprint density at radius 1 is 0.446 bits per heavy atom. The highest BCUT2D eigenvalue weighted by atomic mass is 16.7. The van der Waals surface area contributed by atoms with Gasteiger partial charge in [0.15, 0.2) is 18.7 Å². The van der Waals surface area contributed by atoms with Gasteiger partial charge in [-0.05, 0) is 77.0 Å². The van der Waals surface area contributed by atoms with E-state index in [4.69, 9.17) is 28.4 Å². The first-order valence-electron chi connectivity index (χ1n) is 28.9. The van der Waals surface area contributed by atoms with Crippen LogP contribution < -0.4 is 0 Å². The second-order valence-corrected chi connectivity index (χ2v) is 20.1. The topological polar surface area (TPSA) is 231 Å². The van der Waals surface area contributed by atoms with Crippen LogP contribution in [-0.2, 0) is 38.0 Å². The molecule has 0 aromatic rings. The van der Waals surface area contributed by atoms with Gasteiger partial charge in [0.2, 0.25) is 0 Å². The maximum atomic E-state index is 13.1. The number of rotatable bonds is 45. The van der Waals surface area contributed by atoms with E-state index in [2.05, 4.69) is 74.6 Å². The molecule has 428 valence electrons. The Kier molecular flexibility index (Phi) is 41.2. The summed E-state index contributed by atoms with van der Waals surface area (Å²) in [5, 5.41) is 72.3. The van der Waals surface area contributed by atoms with Gasteiger partial charge in [0.1, 0.15) is 55.4 Å². The van der Waals surface area contributed by atoms with Crippen LogP contribution in [0.25, 0.3) is 0 Å². The number of hydrogen-bond donors (Lipinski definition) is 7. The Balaban J connectivity index is 1.77. The summed E-state index contributed by atoms with van der Waals surface area (Å²) in [6.07, 6.45) is 36.6. The van der Waals surface area contributed by atoms with Crippen LogP contribution in [0.1, 0.15) is 206 Å². The van der Waals surface area contributed by atoms with E-state index in [1.807, 2.05) is 0 Å². The number of aliphatic hydroxyl groups excluding tert-OH is 7. The second-order valence-electron chi connectivity index (χ2n) is 20.1. The van der Waals surface area contributed by atoms with Crippen LogP contribution in [0, 0.1) is 0 Å². The van der Waals surface area contributed by atoms with Crippen LogP contribution in [0.2, 0.25) is 0 Å². The highest BCUT2D eigenvalue weighted by Gasteiger charge is 2.47. The first-order chi connectivity index (χ1) is 36.0. The summed E-state index contributed by atoms with van der Waals surface area (Å²) in [4.78, 5) is 25.9. The summed E-state index contributed by atoms with van der Waals surface area (Å²) < 4.78 is 33.7. The molecule has 0 aromatic heterocycles. The van der Waals surface area contributed by atoms with Crippen LogP contribution in [0.5, 0.6) is 0 Å². The number of unbranched alkanes of at least 4 members (excludes halogenated alkanes) is 21. The molecule has 0 saturated carbocycles. The van der Waals surface area contributed by atoms with Gasteiger partial charge < -0.3 is 64.2 Å². The van der Waals surface area contributed by atoms with Crippen LogP contribution in [-0.4, -0.2) is 142 Å². The van der Waals surface area contributed by atoms with Gasteiger partial charge in [-0.2, -0.15) is 0 Å². The molecule has 74 heavy (non-hydrogen) atoms. The molecule has 0 aliphatic carbocycles. The number of ether oxygens (including phenoxy) is 6. The van der Waals surface area contributed by atoms with E-state index in [-0.39, 0.29) is 26.1 Å². The molecule has 15 nitrogen and oxygen atoms in total. The third-order valence-corrected chi connectivity index (χ3v) is 13.5. The first kappa shape index (κ1) is 67.3. The number of esters is 2. The molecule has 7 N–H and O–H groups in total. The molecule has 0 aromatic carbocycles. The Labute approximate surface area is 445 Å². The summed E-state index contributed by atoms with van der Waals surface area (Å²) in [6.45, 7) is 2.47. The Morgan fingerprint density at radius 3 is 1.35 bits per heavy atom. The lowest BCUT2D eigenvalue weighted by Gasteiger charge is -2.42. The molecular formula is C59H102O15. The van der Waals surface area contributed by atoms with Crippen molar-refractivity contribution >= 4 is 11.9 Å².